The number of nitrogens with zero attached hydrogens (tertiary/aromatic N) is 3. The maximum atomic E-state index is 9.23. The van der Waals surface area contributed by atoms with Crippen molar-refractivity contribution in [1.29, 1.82) is 5.26 Å². The van der Waals surface area contributed by atoms with Crippen LogP contribution in [0.1, 0.15) is 24.8 Å². The number of rotatable bonds is 3. The van der Waals surface area contributed by atoms with Crippen molar-refractivity contribution >= 4 is 5.69 Å². The smallest absolute Gasteiger partial charge is 0.101 e. The van der Waals surface area contributed by atoms with Crippen molar-refractivity contribution in [2.75, 3.05) is 37.6 Å². The van der Waals surface area contributed by atoms with E-state index in [1.54, 1.807) is 0 Å². The molecule has 4 nitrogen and oxygen atoms in total. The molecule has 2 aliphatic rings. The maximum absolute atomic E-state index is 9.23. The fraction of sp³-hybridized carbons (Fsp3) is 0.588. The average molecular weight is 284 g/mol. The van der Waals surface area contributed by atoms with Gasteiger partial charge in [0.05, 0.1) is 11.3 Å². The molecule has 2 N–H and O–H groups in total. The Balaban J connectivity index is 1.59. The van der Waals surface area contributed by atoms with Crippen molar-refractivity contribution in [3.8, 4) is 6.07 Å². The molecule has 112 valence electrons. The molecule has 1 unspecified atom stereocenters. The molecular formula is C17H24N4. The molecule has 3 rings (SSSR count). The Morgan fingerprint density at radius 1 is 1.14 bits per heavy atom. The van der Waals surface area contributed by atoms with Gasteiger partial charge >= 0.3 is 0 Å². The zero-order chi connectivity index (χ0) is 14.7. The van der Waals surface area contributed by atoms with Crippen molar-refractivity contribution in [2.24, 2.45) is 11.7 Å². The van der Waals surface area contributed by atoms with E-state index in [1.807, 2.05) is 18.2 Å². The van der Waals surface area contributed by atoms with Crippen molar-refractivity contribution in [3.05, 3.63) is 29.8 Å². The molecule has 0 bridgehead atoms. The van der Waals surface area contributed by atoms with E-state index in [4.69, 9.17) is 5.73 Å². The number of hydrogen-bond donors (Lipinski definition) is 1. The lowest BCUT2D eigenvalue weighted by Crippen LogP contribution is -2.44. The highest BCUT2D eigenvalue weighted by atomic mass is 15.2. The molecule has 0 aromatic heterocycles. The summed E-state index contributed by atoms with van der Waals surface area (Å²) in [7, 11) is 0. The van der Waals surface area contributed by atoms with Crippen molar-refractivity contribution in [3.63, 3.8) is 0 Å². The first-order chi connectivity index (χ1) is 10.3. The summed E-state index contributed by atoms with van der Waals surface area (Å²) < 4.78 is 0. The van der Waals surface area contributed by atoms with Gasteiger partial charge in [0, 0.05) is 25.7 Å². The highest BCUT2D eigenvalue weighted by Gasteiger charge is 2.30. The van der Waals surface area contributed by atoms with Gasteiger partial charge in [-0.2, -0.15) is 5.26 Å². The fourth-order valence-corrected chi connectivity index (χ4v) is 3.70. The van der Waals surface area contributed by atoms with Crippen LogP contribution in [0.4, 0.5) is 5.69 Å². The Labute approximate surface area is 127 Å². The largest absolute Gasteiger partial charge is 0.370 e. The number of para-hydroxylation sites is 1. The number of nitrogens with two attached hydrogens (primary N) is 1. The summed E-state index contributed by atoms with van der Waals surface area (Å²) in [5, 5.41) is 9.23. The molecule has 1 aromatic rings. The Hall–Kier alpha value is -1.57. The van der Waals surface area contributed by atoms with Crippen LogP contribution < -0.4 is 10.6 Å². The van der Waals surface area contributed by atoms with Gasteiger partial charge in [-0.3, -0.25) is 4.90 Å². The highest BCUT2D eigenvalue weighted by Crippen LogP contribution is 2.28. The van der Waals surface area contributed by atoms with E-state index >= 15 is 0 Å². The molecule has 2 fully saturated rings. The molecule has 0 aliphatic carbocycles. The van der Waals surface area contributed by atoms with Crippen LogP contribution >= 0.6 is 0 Å². The second-order valence-corrected chi connectivity index (χ2v) is 6.23. The summed E-state index contributed by atoms with van der Waals surface area (Å²) in [6.07, 6.45) is 3.64. The van der Waals surface area contributed by atoms with Crippen LogP contribution in [0.3, 0.4) is 0 Å². The van der Waals surface area contributed by atoms with Gasteiger partial charge < -0.3 is 10.6 Å². The van der Waals surface area contributed by atoms with Crippen molar-refractivity contribution in [1.82, 2.24) is 4.90 Å². The van der Waals surface area contributed by atoms with Crippen LogP contribution in [0.2, 0.25) is 0 Å². The van der Waals surface area contributed by atoms with E-state index in [0.717, 1.165) is 30.9 Å². The van der Waals surface area contributed by atoms with E-state index in [2.05, 4.69) is 21.9 Å². The second-order valence-electron chi connectivity index (χ2n) is 6.23. The number of benzene rings is 1. The Morgan fingerprint density at radius 3 is 2.57 bits per heavy atom. The van der Waals surface area contributed by atoms with Gasteiger partial charge in [-0.05, 0) is 50.4 Å². The van der Waals surface area contributed by atoms with Gasteiger partial charge in [-0.15, -0.1) is 0 Å². The fourth-order valence-electron chi connectivity index (χ4n) is 3.70. The first kappa shape index (κ1) is 14.4. The molecule has 0 amide bonds. The molecule has 2 saturated heterocycles. The first-order valence-corrected chi connectivity index (χ1v) is 8.00. The van der Waals surface area contributed by atoms with Crippen molar-refractivity contribution in [2.45, 2.75) is 25.3 Å². The predicted octanol–water partition coefficient (Wildman–Crippen LogP) is 1.81. The third kappa shape index (κ3) is 3.04. The molecule has 0 saturated carbocycles. The molecule has 1 aromatic carbocycles. The summed E-state index contributed by atoms with van der Waals surface area (Å²) in [6, 6.07) is 10.9. The first-order valence-electron chi connectivity index (χ1n) is 8.00. The maximum Gasteiger partial charge on any atom is 0.101 e. The van der Waals surface area contributed by atoms with E-state index in [0.29, 0.717) is 12.0 Å². The summed E-state index contributed by atoms with van der Waals surface area (Å²) in [6.45, 7) is 5.31. The van der Waals surface area contributed by atoms with Gasteiger partial charge in [0.1, 0.15) is 6.07 Å². The van der Waals surface area contributed by atoms with Crippen LogP contribution in [0.25, 0.3) is 0 Å². The molecule has 4 heteroatoms. The molecule has 2 aliphatic heterocycles. The minimum atomic E-state index is 0.697. The monoisotopic (exact) mass is 284 g/mol. The summed E-state index contributed by atoms with van der Waals surface area (Å²) in [4.78, 5) is 5.00. The minimum Gasteiger partial charge on any atom is -0.370 e. The number of hydrogen-bond acceptors (Lipinski definition) is 4. The molecule has 0 spiro atoms. The van der Waals surface area contributed by atoms with Gasteiger partial charge in [0.25, 0.3) is 0 Å². The zero-order valence-electron chi connectivity index (χ0n) is 12.5. The number of anilines is 1. The average Bonchev–Trinajstić information content (AvgIpc) is 3.04. The van der Waals surface area contributed by atoms with Crippen LogP contribution in [0.15, 0.2) is 24.3 Å². The predicted molar refractivity (Wildman–Crippen MR) is 85.1 cm³/mol. The summed E-state index contributed by atoms with van der Waals surface area (Å²) in [5.41, 5.74) is 7.68. The van der Waals surface area contributed by atoms with Crippen LogP contribution in [0.5, 0.6) is 0 Å². The van der Waals surface area contributed by atoms with Gasteiger partial charge in [0.15, 0.2) is 0 Å². The lowest BCUT2D eigenvalue weighted by Gasteiger charge is -2.38. The standard InChI is InChI=1S/C17H24N4/c18-11-14-5-8-21(13-14)16-6-9-20(10-7-16)17-4-2-1-3-15(17)12-19/h1-4,14,16H,5-11,13,18H2. The molecule has 2 heterocycles. The van der Waals surface area contributed by atoms with Gasteiger partial charge in [0.2, 0.25) is 0 Å². The summed E-state index contributed by atoms with van der Waals surface area (Å²) >= 11 is 0. The third-order valence-corrected chi connectivity index (χ3v) is 5.00. The van der Waals surface area contributed by atoms with Crippen LogP contribution in [0, 0.1) is 17.2 Å². The topological polar surface area (TPSA) is 56.3 Å². The molecule has 0 radical (unpaired) electrons. The molecule has 21 heavy (non-hydrogen) atoms. The molecule has 1 atom stereocenters. The van der Waals surface area contributed by atoms with Crippen molar-refractivity contribution < 1.29 is 0 Å². The van der Waals surface area contributed by atoms with E-state index in [1.165, 1.54) is 32.4 Å². The SMILES string of the molecule is N#Cc1ccccc1N1CCC(N2CCC(CN)C2)CC1. The lowest BCUT2D eigenvalue weighted by molar-refractivity contribution is 0.201. The Morgan fingerprint density at radius 2 is 1.90 bits per heavy atom. The Bertz CT molecular complexity index is 514. The van der Waals surface area contributed by atoms with Crippen LogP contribution in [-0.4, -0.2) is 43.7 Å². The lowest BCUT2D eigenvalue weighted by atomic mass is 10.0. The number of piperidine rings is 1. The normalized spacial score (nSPS) is 24.2. The van der Waals surface area contributed by atoms with E-state index in [-0.39, 0.29) is 0 Å². The van der Waals surface area contributed by atoms with E-state index in [9.17, 15) is 5.26 Å². The van der Waals surface area contributed by atoms with Crippen LogP contribution in [-0.2, 0) is 0 Å². The minimum absolute atomic E-state index is 0.697. The number of likely N-dealkylation sites (tertiary alicyclic amines) is 1. The zero-order valence-corrected chi connectivity index (χ0v) is 12.5. The summed E-state index contributed by atoms with van der Waals surface area (Å²) in [5.74, 6) is 0.697. The van der Waals surface area contributed by atoms with Gasteiger partial charge in [-0.25, -0.2) is 0 Å². The molecular weight excluding hydrogens is 260 g/mol. The highest BCUT2D eigenvalue weighted by molar-refractivity contribution is 5.59. The Kier molecular flexibility index (Phi) is 4.42. The van der Waals surface area contributed by atoms with E-state index < -0.39 is 0 Å². The second kappa shape index (κ2) is 6.46. The van der Waals surface area contributed by atoms with Gasteiger partial charge in [-0.1, -0.05) is 12.1 Å². The number of nitriles is 1. The quantitative estimate of drug-likeness (QED) is 0.919. The third-order valence-electron chi connectivity index (χ3n) is 5.00.